The average Bonchev–Trinajstić information content (AvgIpc) is 2.04. The number of Topliss-reactive ketones (excluding diaryl/α,β-unsaturated/α-hetero) is 1. The second-order valence-electron chi connectivity index (χ2n) is 3.50. The van der Waals surface area contributed by atoms with Crippen molar-refractivity contribution in [3.8, 4) is 0 Å². The van der Waals surface area contributed by atoms with Crippen LogP contribution in [-0.4, -0.2) is 36.4 Å². The van der Waals surface area contributed by atoms with Gasteiger partial charge in [-0.25, -0.2) is 0 Å². The van der Waals surface area contributed by atoms with E-state index in [1.807, 2.05) is 0 Å². The summed E-state index contributed by atoms with van der Waals surface area (Å²) in [5.74, 6) is 0.458. The Bertz CT molecular complexity index is 155. The largest absolute Gasteiger partial charge is 1.00 e. The number of likely N-dealkylation sites (N-methyl/N-ethyl adjacent to an activating group) is 1. The molecule has 0 spiro atoms. The van der Waals surface area contributed by atoms with Crippen molar-refractivity contribution in [3.63, 3.8) is 0 Å². The van der Waals surface area contributed by atoms with Gasteiger partial charge in [-0.2, -0.15) is 0 Å². The first-order valence-corrected chi connectivity index (χ1v) is 4.59. The second-order valence-corrected chi connectivity index (χ2v) is 3.50. The van der Waals surface area contributed by atoms with E-state index in [9.17, 15) is 4.79 Å². The van der Waals surface area contributed by atoms with E-state index >= 15 is 0 Å². The maximum Gasteiger partial charge on any atom is 0.187 e. The van der Waals surface area contributed by atoms with Gasteiger partial charge < -0.3 is 21.5 Å². The molecule has 3 heteroatoms. The lowest BCUT2D eigenvalue weighted by molar-refractivity contribution is -0.919. The fourth-order valence-electron chi connectivity index (χ4n) is 1.91. The molecule has 0 aromatic carbocycles. The highest BCUT2D eigenvalue weighted by Gasteiger charge is 2.30. The van der Waals surface area contributed by atoms with Crippen LogP contribution in [0.3, 0.4) is 0 Å². The number of rotatable bonds is 2. The molecule has 2 nitrogen and oxygen atoms in total. The molecule has 0 amide bonds. The van der Waals surface area contributed by atoms with Crippen LogP contribution in [0.5, 0.6) is 0 Å². The molecule has 0 N–H and O–H groups in total. The third-order valence-electron chi connectivity index (χ3n) is 2.94. The van der Waals surface area contributed by atoms with Crippen molar-refractivity contribution in [2.75, 3.05) is 26.2 Å². The Balaban J connectivity index is 0.00000121. The first-order chi connectivity index (χ1) is 5.22. The number of ketones is 1. The van der Waals surface area contributed by atoms with Gasteiger partial charge in [-0.3, -0.25) is 4.79 Å². The van der Waals surface area contributed by atoms with Gasteiger partial charge in [0.25, 0.3) is 0 Å². The minimum atomic E-state index is 0. The zero-order chi connectivity index (χ0) is 8.32. The number of likely N-dealkylation sites (tertiary alicyclic amines) is 1. The van der Waals surface area contributed by atoms with Crippen LogP contribution < -0.4 is 17.0 Å². The van der Waals surface area contributed by atoms with Crippen molar-refractivity contribution >= 4 is 5.78 Å². The van der Waals surface area contributed by atoms with Crippen molar-refractivity contribution in [2.24, 2.45) is 0 Å². The lowest BCUT2D eigenvalue weighted by Gasteiger charge is -2.38. The molecule has 12 heavy (non-hydrogen) atoms. The first kappa shape index (κ1) is 12.1. The number of hydrogen-bond acceptors (Lipinski definition) is 1. The van der Waals surface area contributed by atoms with E-state index in [0.29, 0.717) is 5.78 Å². The molecule has 0 bridgehead atoms. The smallest absolute Gasteiger partial charge is 0.187 e. The fraction of sp³-hybridized carbons (Fsp3) is 0.889. The van der Waals surface area contributed by atoms with Crippen LogP contribution in [0.4, 0.5) is 0 Å². The molecule has 0 aliphatic carbocycles. The van der Waals surface area contributed by atoms with Gasteiger partial charge in [0, 0.05) is 12.8 Å². The van der Waals surface area contributed by atoms with Gasteiger partial charge in [-0.1, -0.05) is 0 Å². The molecule has 0 saturated carbocycles. The summed E-state index contributed by atoms with van der Waals surface area (Å²) in [6.07, 6.45) is 1.92. The maximum absolute atomic E-state index is 11.2. The Morgan fingerprint density at radius 2 is 1.92 bits per heavy atom. The molecule has 0 aromatic rings. The highest BCUT2D eigenvalue weighted by atomic mass is 79.9. The summed E-state index contributed by atoms with van der Waals surface area (Å²) < 4.78 is 1.03. The van der Waals surface area contributed by atoms with Crippen LogP contribution in [0.15, 0.2) is 0 Å². The predicted octanol–water partition coefficient (Wildman–Crippen LogP) is -1.79. The minimum absolute atomic E-state index is 0. The molecule has 72 valence electrons. The van der Waals surface area contributed by atoms with Gasteiger partial charge in [0.1, 0.15) is 6.54 Å². The standard InChI is InChI=1S/C9H18NO.BrH/c1-3-10(4-2)7-5-6-9(11)8-10;/h3-8H2,1-2H3;1H/q+1;/p-1. The van der Waals surface area contributed by atoms with Gasteiger partial charge in [0.05, 0.1) is 19.6 Å². The molecule has 1 rings (SSSR count). The van der Waals surface area contributed by atoms with Gasteiger partial charge in [-0.15, -0.1) is 0 Å². The van der Waals surface area contributed by atoms with E-state index in [1.165, 1.54) is 6.54 Å². The van der Waals surface area contributed by atoms with Crippen molar-refractivity contribution in [2.45, 2.75) is 26.7 Å². The van der Waals surface area contributed by atoms with E-state index in [-0.39, 0.29) is 17.0 Å². The molecule has 1 aliphatic heterocycles. The summed E-state index contributed by atoms with van der Waals surface area (Å²) in [5, 5.41) is 0. The summed E-state index contributed by atoms with van der Waals surface area (Å²) in [4.78, 5) is 11.2. The van der Waals surface area contributed by atoms with Crippen LogP contribution in [-0.2, 0) is 4.79 Å². The topological polar surface area (TPSA) is 17.1 Å². The lowest BCUT2D eigenvalue weighted by atomic mass is 10.1. The van der Waals surface area contributed by atoms with Gasteiger partial charge in [0.15, 0.2) is 5.78 Å². The van der Waals surface area contributed by atoms with E-state index in [2.05, 4.69) is 13.8 Å². The summed E-state index contributed by atoms with van der Waals surface area (Å²) in [6.45, 7) is 8.58. The number of quaternary nitrogens is 1. The van der Waals surface area contributed by atoms with Crippen molar-refractivity contribution in [3.05, 3.63) is 0 Å². The molecule has 1 aliphatic rings. The van der Waals surface area contributed by atoms with Crippen LogP contribution >= 0.6 is 0 Å². The van der Waals surface area contributed by atoms with Crippen molar-refractivity contribution < 1.29 is 26.3 Å². The SMILES string of the molecule is CC[N+]1(CC)CCCC(=O)C1.[Br-]. The predicted molar refractivity (Wildman–Crippen MR) is 45.3 cm³/mol. The third kappa shape index (κ3) is 2.56. The molecule has 0 atom stereocenters. The Kier molecular flexibility index (Phi) is 5.02. The minimum Gasteiger partial charge on any atom is -1.00 e. The number of hydrogen-bond donors (Lipinski definition) is 0. The molecule has 0 aromatic heterocycles. The van der Waals surface area contributed by atoms with Crippen LogP contribution in [0.1, 0.15) is 26.7 Å². The molecule has 0 radical (unpaired) electrons. The Morgan fingerprint density at radius 3 is 2.25 bits per heavy atom. The number of carbonyl (C=O) groups is 1. The van der Waals surface area contributed by atoms with Crippen LogP contribution in [0, 0.1) is 0 Å². The molecule has 1 saturated heterocycles. The van der Waals surface area contributed by atoms with Crippen molar-refractivity contribution in [1.29, 1.82) is 0 Å². The monoisotopic (exact) mass is 235 g/mol. The molecule has 1 heterocycles. The van der Waals surface area contributed by atoms with Crippen LogP contribution in [0.2, 0.25) is 0 Å². The van der Waals surface area contributed by atoms with E-state index in [4.69, 9.17) is 0 Å². The van der Waals surface area contributed by atoms with E-state index in [0.717, 1.165) is 37.0 Å². The normalized spacial score (nSPS) is 21.7. The number of nitrogens with zero attached hydrogens (tertiary/aromatic N) is 1. The number of carbonyl (C=O) groups excluding carboxylic acids is 1. The van der Waals surface area contributed by atoms with E-state index in [1.54, 1.807) is 0 Å². The zero-order valence-corrected chi connectivity index (χ0v) is 9.56. The Labute approximate surface area is 85.3 Å². The van der Waals surface area contributed by atoms with Crippen LogP contribution in [0.25, 0.3) is 0 Å². The third-order valence-corrected chi connectivity index (χ3v) is 2.94. The highest BCUT2D eigenvalue weighted by Crippen LogP contribution is 2.15. The first-order valence-electron chi connectivity index (χ1n) is 4.59. The molecular formula is C9H18BrNO. The quantitative estimate of drug-likeness (QED) is 0.518. The van der Waals surface area contributed by atoms with E-state index < -0.39 is 0 Å². The summed E-state index contributed by atoms with van der Waals surface area (Å²) in [7, 11) is 0. The van der Waals surface area contributed by atoms with Crippen molar-refractivity contribution in [1.82, 2.24) is 0 Å². The van der Waals surface area contributed by atoms with Gasteiger partial charge in [-0.05, 0) is 13.8 Å². The second kappa shape index (κ2) is 4.97. The maximum atomic E-state index is 11.2. The summed E-state index contributed by atoms with van der Waals surface area (Å²) in [6, 6.07) is 0. The Morgan fingerprint density at radius 1 is 1.33 bits per heavy atom. The fourth-order valence-corrected chi connectivity index (χ4v) is 1.91. The molecule has 0 unspecified atom stereocenters. The highest BCUT2D eigenvalue weighted by molar-refractivity contribution is 5.79. The Hall–Kier alpha value is 0.110. The summed E-state index contributed by atoms with van der Waals surface area (Å²) in [5.41, 5.74) is 0. The lowest BCUT2D eigenvalue weighted by Crippen LogP contribution is -3.00. The number of halogens is 1. The molecular weight excluding hydrogens is 218 g/mol. The average molecular weight is 236 g/mol. The van der Waals surface area contributed by atoms with Gasteiger partial charge >= 0.3 is 0 Å². The molecule has 1 fully saturated rings. The zero-order valence-electron chi connectivity index (χ0n) is 7.98. The summed E-state index contributed by atoms with van der Waals surface area (Å²) >= 11 is 0. The number of piperidine rings is 1. The van der Waals surface area contributed by atoms with Gasteiger partial charge in [0.2, 0.25) is 0 Å².